The second kappa shape index (κ2) is 6.08. The summed E-state index contributed by atoms with van der Waals surface area (Å²) in [6, 6.07) is 0.0337. The van der Waals surface area contributed by atoms with Gasteiger partial charge in [0.25, 0.3) is 0 Å². The highest BCUT2D eigenvalue weighted by Gasteiger charge is 2.34. The van der Waals surface area contributed by atoms with Crippen molar-refractivity contribution in [3.8, 4) is 0 Å². The molecule has 2 N–H and O–H groups in total. The van der Waals surface area contributed by atoms with E-state index < -0.39 is 10.0 Å². The van der Waals surface area contributed by atoms with Crippen LogP contribution in [0.3, 0.4) is 0 Å². The van der Waals surface area contributed by atoms with Crippen LogP contribution < -0.4 is 5.73 Å². The van der Waals surface area contributed by atoms with Crippen molar-refractivity contribution in [1.29, 1.82) is 0 Å². The molecular weight excluding hydrogens is 290 g/mol. The Bertz CT molecular complexity index is 601. The van der Waals surface area contributed by atoms with Crippen LogP contribution >= 0.6 is 0 Å². The number of likely N-dealkylation sites (tertiary alicyclic amines) is 1. The molecular formula is C14H25N3O3S. The number of nitrogens with zero attached hydrogens (tertiary/aromatic N) is 2. The molecule has 0 atom stereocenters. The van der Waals surface area contributed by atoms with Crippen LogP contribution in [0.1, 0.15) is 29.9 Å². The molecule has 1 saturated heterocycles. The maximum Gasteiger partial charge on any atom is 0.246 e. The van der Waals surface area contributed by atoms with Crippen molar-refractivity contribution in [2.45, 2.75) is 44.2 Å². The summed E-state index contributed by atoms with van der Waals surface area (Å²) < 4.78 is 32.8. The van der Waals surface area contributed by atoms with E-state index in [0.29, 0.717) is 17.1 Å². The van der Waals surface area contributed by atoms with Gasteiger partial charge in [0.2, 0.25) is 10.0 Å². The highest BCUT2D eigenvalue weighted by molar-refractivity contribution is 7.89. The fraction of sp³-hybridized carbons (Fsp3) is 0.714. The van der Waals surface area contributed by atoms with Crippen LogP contribution in [0.25, 0.3) is 0 Å². The summed E-state index contributed by atoms with van der Waals surface area (Å²) in [5, 5.41) is 0. The fourth-order valence-electron chi connectivity index (χ4n) is 2.98. The molecule has 0 aliphatic carbocycles. The number of furan rings is 1. The van der Waals surface area contributed by atoms with Gasteiger partial charge < -0.3 is 15.1 Å². The number of hydrogen-bond donors (Lipinski definition) is 1. The normalized spacial score (nSPS) is 18.6. The first-order chi connectivity index (χ1) is 9.78. The van der Waals surface area contributed by atoms with E-state index in [1.54, 1.807) is 20.9 Å². The Balaban J connectivity index is 2.34. The van der Waals surface area contributed by atoms with Crippen molar-refractivity contribution in [1.82, 2.24) is 9.21 Å². The van der Waals surface area contributed by atoms with Gasteiger partial charge in [0.15, 0.2) is 0 Å². The zero-order chi connectivity index (χ0) is 15.8. The second-order valence-corrected chi connectivity index (χ2v) is 7.72. The van der Waals surface area contributed by atoms with Crippen molar-refractivity contribution in [3.63, 3.8) is 0 Å². The molecule has 7 heteroatoms. The molecule has 2 heterocycles. The van der Waals surface area contributed by atoms with Gasteiger partial charge in [-0.1, -0.05) is 0 Å². The number of sulfonamides is 1. The number of piperidine rings is 1. The van der Waals surface area contributed by atoms with Crippen molar-refractivity contribution >= 4 is 10.0 Å². The summed E-state index contributed by atoms with van der Waals surface area (Å²) in [7, 11) is 0.149. The molecule has 0 bridgehead atoms. The van der Waals surface area contributed by atoms with Crippen LogP contribution in [0, 0.1) is 13.8 Å². The van der Waals surface area contributed by atoms with Gasteiger partial charge in [-0.15, -0.1) is 0 Å². The van der Waals surface area contributed by atoms with Crippen LogP contribution in [0.2, 0.25) is 0 Å². The number of nitrogens with two attached hydrogens (primary N) is 1. The zero-order valence-corrected chi connectivity index (χ0v) is 14.0. The van der Waals surface area contributed by atoms with Gasteiger partial charge in [-0.2, -0.15) is 4.31 Å². The summed E-state index contributed by atoms with van der Waals surface area (Å²) in [6.45, 7) is 5.43. The average molecular weight is 315 g/mol. The highest BCUT2D eigenvalue weighted by Crippen LogP contribution is 2.30. The predicted molar refractivity (Wildman–Crippen MR) is 81.5 cm³/mol. The van der Waals surface area contributed by atoms with Gasteiger partial charge >= 0.3 is 0 Å². The minimum Gasteiger partial charge on any atom is -0.465 e. The standard InChI is InChI=1S/C14H25N3O3S/c1-10-13(9-15)14(11(2)20-10)21(18,19)17(4)12-5-7-16(3)8-6-12/h12H,5-9,15H2,1-4H3. The first-order valence-corrected chi connectivity index (χ1v) is 8.68. The molecule has 0 saturated carbocycles. The lowest BCUT2D eigenvalue weighted by atomic mass is 10.1. The van der Waals surface area contributed by atoms with Crippen LogP contribution in [-0.4, -0.2) is 50.8 Å². The van der Waals surface area contributed by atoms with E-state index in [4.69, 9.17) is 10.2 Å². The number of hydrogen-bond acceptors (Lipinski definition) is 5. The van der Waals surface area contributed by atoms with Gasteiger partial charge in [0.05, 0.1) is 0 Å². The van der Waals surface area contributed by atoms with Gasteiger partial charge in [0, 0.05) is 25.2 Å². The highest BCUT2D eigenvalue weighted by atomic mass is 32.2. The van der Waals surface area contributed by atoms with E-state index in [2.05, 4.69) is 11.9 Å². The maximum absolute atomic E-state index is 12.9. The third-order valence-electron chi connectivity index (χ3n) is 4.37. The molecule has 120 valence electrons. The molecule has 1 aromatic rings. The van der Waals surface area contributed by atoms with E-state index in [-0.39, 0.29) is 17.5 Å². The molecule has 0 amide bonds. The first-order valence-electron chi connectivity index (χ1n) is 7.24. The van der Waals surface area contributed by atoms with E-state index in [1.807, 2.05) is 0 Å². The third-order valence-corrected chi connectivity index (χ3v) is 6.47. The summed E-state index contributed by atoms with van der Waals surface area (Å²) in [6.07, 6.45) is 1.69. The quantitative estimate of drug-likeness (QED) is 0.899. The zero-order valence-electron chi connectivity index (χ0n) is 13.2. The largest absolute Gasteiger partial charge is 0.465 e. The lowest BCUT2D eigenvalue weighted by Gasteiger charge is -2.34. The van der Waals surface area contributed by atoms with Gasteiger partial charge in [-0.25, -0.2) is 8.42 Å². The molecule has 0 aromatic carbocycles. The lowest BCUT2D eigenvalue weighted by molar-refractivity contribution is 0.197. The van der Waals surface area contributed by atoms with Crippen molar-refractivity contribution in [2.75, 3.05) is 27.2 Å². The van der Waals surface area contributed by atoms with E-state index in [0.717, 1.165) is 25.9 Å². The molecule has 1 aliphatic heterocycles. The van der Waals surface area contributed by atoms with E-state index >= 15 is 0 Å². The molecule has 1 fully saturated rings. The second-order valence-electron chi connectivity index (χ2n) is 5.78. The minimum atomic E-state index is -3.57. The predicted octanol–water partition coefficient (Wildman–Crippen LogP) is 1.07. The minimum absolute atomic E-state index is 0.0337. The Labute approximate surface area is 126 Å². The molecule has 1 aromatic heterocycles. The fourth-order valence-corrected chi connectivity index (χ4v) is 4.82. The molecule has 21 heavy (non-hydrogen) atoms. The van der Waals surface area contributed by atoms with Crippen molar-refractivity contribution < 1.29 is 12.8 Å². The summed E-state index contributed by atoms with van der Waals surface area (Å²) in [5.41, 5.74) is 6.30. The summed E-state index contributed by atoms with van der Waals surface area (Å²) >= 11 is 0. The number of rotatable bonds is 4. The summed E-state index contributed by atoms with van der Waals surface area (Å²) in [4.78, 5) is 2.47. The maximum atomic E-state index is 12.9. The monoisotopic (exact) mass is 315 g/mol. The van der Waals surface area contributed by atoms with Crippen LogP contribution in [0.5, 0.6) is 0 Å². The van der Waals surface area contributed by atoms with Gasteiger partial charge in [-0.3, -0.25) is 0 Å². The van der Waals surface area contributed by atoms with Crippen molar-refractivity contribution in [2.24, 2.45) is 5.73 Å². The Morgan fingerprint density at radius 2 is 1.86 bits per heavy atom. The Morgan fingerprint density at radius 1 is 1.29 bits per heavy atom. The van der Waals surface area contributed by atoms with Crippen LogP contribution in [0.4, 0.5) is 0 Å². The summed E-state index contributed by atoms with van der Waals surface area (Å²) in [5.74, 6) is 1.01. The van der Waals surface area contributed by atoms with Gasteiger partial charge in [-0.05, 0) is 46.8 Å². The SMILES string of the molecule is Cc1oc(C)c(S(=O)(=O)N(C)C2CCN(C)CC2)c1CN. The Morgan fingerprint density at radius 3 is 2.38 bits per heavy atom. The third kappa shape index (κ3) is 3.01. The first kappa shape index (κ1) is 16.5. The Kier molecular flexibility index (Phi) is 4.77. The smallest absolute Gasteiger partial charge is 0.246 e. The lowest BCUT2D eigenvalue weighted by Crippen LogP contribution is -2.44. The van der Waals surface area contributed by atoms with Crippen LogP contribution in [-0.2, 0) is 16.6 Å². The molecule has 1 aliphatic rings. The van der Waals surface area contributed by atoms with Crippen LogP contribution in [0.15, 0.2) is 9.31 Å². The molecule has 2 rings (SSSR count). The van der Waals surface area contributed by atoms with E-state index in [1.165, 1.54) is 4.31 Å². The molecule has 6 nitrogen and oxygen atoms in total. The molecule has 0 spiro atoms. The van der Waals surface area contributed by atoms with Crippen molar-refractivity contribution in [3.05, 3.63) is 17.1 Å². The average Bonchev–Trinajstić information content (AvgIpc) is 2.73. The number of aryl methyl sites for hydroxylation is 2. The topological polar surface area (TPSA) is 79.8 Å². The Hall–Kier alpha value is -0.890. The molecule has 0 unspecified atom stereocenters. The van der Waals surface area contributed by atoms with Gasteiger partial charge in [0.1, 0.15) is 16.4 Å². The van der Waals surface area contributed by atoms with E-state index in [9.17, 15) is 8.42 Å². The molecule has 0 radical (unpaired) electrons.